The number of carbonyl (C=O) groups excluding carboxylic acids is 1. The topological polar surface area (TPSA) is 113 Å². The van der Waals surface area contributed by atoms with E-state index in [0.29, 0.717) is 30.6 Å². The number of aromatic nitrogens is 3. The number of amides is 1. The highest BCUT2D eigenvalue weighted by Crippen LogP contribution is 2.30. The van der Waals surface area contributed by atoms with E-state index in [2.05, 4.69) is 32.1 Å². The summed E-state index contributed by atoms with van der Waals surface area (Å²) in [5.74, 6) is -0.754. The number of rotatable bonds is 4. The summed E-state index contributed by atoms with van der Waals surface area (Å²) in [5, 5.41) is 16.1. The molecule has 152 valence electrons. The second-order valence-electron chi connectivity index (χ2n) is 6.68. The Labute approximate surface area is 167 Å². The van der Waals surface area contributed by atoms with Gasteiger partial charge in [0.25, 0.3) is 11.5 Å². The molecule has 0 spiro atoms. The Hall–Kier alpha value is -3.62. The second-order valence-corrected chi connectivity index (χ2v) is 6.68. The molecule has 1 saturated heterocycles. The molecule has 9 heteroatoms. The Morgan fingerprint density at radius 3 is 2.76 bits per heavy atom. The Morgan fingerprint density at radius 2 is 2.07 bits per heavy atom. The van der Waals surface area contributed by atoms with Crippen LogP contribution in [0.5, 0.6) is 5.75 Å². The first kappa shape index (κ1) is 20.1. The van der Waals surface area contributed by atoms with E-state index in [4.69, 9.17) is 0 Å². The number of benzene rings is 1. The molecule has 0 saturated carbocycles. The molecule has 2 N–H and O–H groups in total. The van der Waals surface area contributed by atoms with E-state index < -0.39 is 17.2 Å². The number of nitrogens with one attached hydrogen (secondary N) is 1. The van der Waals surface area contributed by atoms with Crippen LogP contribution >= 0.6 is 0 Å². The highest BCUT2D eigenvalue weighted by atomic mass is 16.5. The average molecular weight is 397 g/mol. The number of hydrogen-bond acceptors (Lipinski definition) is 7. The lowest BCUT2D eigenvalue weighted by Gasteiger charge is -2.21. The van der Waals surface area contributed by atoms with Crippen molar-refractivity contribution in [2.45, 2.75) is 19.8 Å². The van der Waals surface area contributed by atoms with Crippen LogP contribution in [0, 0.1) is 0 Å². The minimum absolute atomic E-state index is 0. The van der Waals surface area contributed by atoms with Gasteiger partial charge in [0.05, 0.1) is 6.20 Å². The quantitative estimate of drug-likeness (QED) is 0.695. The summed E-state index contributed by atoms with van der Waals surface area (Å²) in [4.78, 5) is 31.2. The van der Waals surface area contributed by atoms with Gasteiger partial charge in [-0.2, -0.15) is 0 Å². The highest BCUT2D eigenvalue weighted by molar-refractivity contribution is 6.04. The Balaban J connectivity index is 0.00000240. The van der Waals surface area contributed by atoms with E-state index in [1.807, 2.05) is 23.1 Å². The molecule has 4 rings (SSSR count). The maximum Gasteiger partial charge on any atom is 0.297 e. The zero-order chi connectivity index (χ0) is 19.7. The third-order valence-electron chi connectivity index (χ3n) is 4.89. The van der Waals surface area contributed by atoms with E-state index >= 15 is 0 Å². The van der Waals surface area contributed by atoms with Gasteiger partial charge >= 0.3 is 0 Å². The fourth-order valence-corrected chi connectivity index (χ4v) is 3.42. The zero-order valence-electron chi connectivity index (χ0n) is 15.2. The average Bonchev–Trinajstić information content (AvgIpc) is 3.39. The second kappa shape index (κ2) is 8.17. The molecule has 0 bridgehead atoms. The van der Waals surface area contributed by atoms with Crippen molar-refractivity contribution in [3.05, 3.63) is 64.4 Å². The SMILES string of the molecule is C.Cn1c(N2CCC(c3ccccc3)C2)nc(C(=O)Nc2cnoc2)c(O)c1=O. The van der Waals surface area contributed by atoms with Gasteiger partial charge in [0.15, 0.2) is 5.69 Å². The molecule has 1 unspecified atom stereocenters. The van der Waals surface area contributed by atoms with Crippen LogP contribution in [-0.4, -0.2) is 38.8 Å². The predicted octanol–water partition coefficient (Wildman–Crippen LogP) is 2.36. The van der Waals surface area contributed by atoms with Crippen LogP contribution in [0.15, 0.2) is 52.1 Å². The minimum atomic E-state index is -0.710. The molecule has 1 aliphatic rings. The van der Waals surface area contributed by atoms with Crippen LogP contribution in [-0.2, 0) is 7.05 Å². The minimum Gasteiger partial charge on any atom is -0.501 e. The Bertz CT molecular complexity index is 1050. The van der Waals surface area contributed by atoms with E-state index in [-0.39, 0.29) is 13.1 Å². The molecule has 2 aromatic heterocycles. The molecule has 1 aromatic carbocycles. The van der Waals surface area contributed by atoms with E-state index in [0.717, 1.165) is 6.42 Å². The largest absolute Gasteiger partial charge is 0.501 e. The van der Waals surface area contributed by atoms with Crippen molar-refractivity contribution in [2.24, 2.45) is 7.05 Å². The van der Waals surface area contributed by atoms with Gasteiger partial charge in [-0.3, -0.25) is 14.2 Å². The summed E-state index contributed by atoms with van der Waals surface area (Å²) in [6.45, 7) is 1.36. The van der Waals surface area contributed by atoms with E-state index in [9.17, 15) is 14.7 Å². The third kappa shape index (κ3) is 3.84. The van der Waals surface area contributed by atoms with Crippen LogP contribution in [0.1, 0.15) is 35.8 Å². The molecule has 3 aromatic rings. The van der Waals surface area contributed by atoms with Crippen LogP contribution in [0.4, 0.5) is 11.6 Å². The van der Waals surface area contributed by atoms with Crippen molar-refractivity contribution >= 4 is 17.5 Å². The maximum absolute atomic E-state index is 12.5. The van der Waals surface area contributed by atoms with Gasteiger partial charge < -0.3 is 19.8 Å². The van der Waals surface area contributed by atoms with Gasteiger partial charge in [-0.05, 0) is 12.0 Å². The molecule has 3 heterocycles. The molecule has 9 nitrogen and oxygen atoms in total. The number of aromatic hydroxyl groups is 1. The van der Waals surface area contributed by atoms with E-state index in [1.165, 1.54) is 29.6 Å². The normalized spacial score (nSPS) is 15.8. The fraction of sp³-hybridized carbons (Fsp3) is 0.300. The molecule has 1 aliphatic heterocycles. The van der Waals surface area contributed by atoms with Crippen LogP contribution in [0.2, 0.25) is 0 Å². The first-order valence-corrected chi connectivity index (χ1v) is 8.85. The highest BCUT2D eigenvalue weighted by Gasteiger charge is 2.29. The Morgan fingerprint density at radius 1 is 1.31 bits per heavy atom. The van der Waals surface area contributed by atoms with Crippen molar-refractivity contribution in [3.8, 4) is 5.75 Å². The van der Waals surface area contributed by atoms with Crippen molar-refractivity contribution in [1.82, 2.24) is 14.7 Å². The van der Waals surface area contributed by atoms with Crippen molar-refractivity contribution in [3.63, 3.8) is 0 Å². The summed E-state index contributed by atoms with van der Waals surface area (Å²) in [7, 11) is 1.53. The molecule has 1 atom stereocenters. The molecule has 0 radical (unpaired) electrons. The summed E-state index contributed by atoms with van der Waals surface area (Å²) >= 11 is 0. The smallest absolute Gasteiger partial charge is 0.297 e. The van der Waals surface area contributed by atoms with Crippen molar-refractivity contribution < 1.29 is 14.4 Å². The first-order chi connectivity index (χ1) is 13.5. The zero-order valence-corrected chi connectivity index (χ0v) is 15.2. The molecule has 29 heavy (non-hydrogen) atoms. The standard InChI is InChI=1S/C19H19N5O4.CH4/c1-23-18(27)16(25)15(17(26)21-14-9-20-28-11-14)22-19(23)24-8-7-13(10-24)12-5-3-2-4-6-12;/h2-6,9,11,13,25H,7-8,10H2,1H3,(H,21,26);1H4. The molecular formula is C20H23N5O4. The summed E-state index contributed by atoms with van der Waals surface area (Å²) in [6.07, 6.45) is 3.45. The van der Waals surface area contributed by atoms with Crippen LogP contribution in [0.3, 0.4) is 0 Å². The molecule has 1 fully saturated rings. The lowest BCUT2D eigenvalue weighted by Crippen LogP contribution is -2.32. The monoisotopic (exact) mass is 397 g/mol. The fourth-order valence-electron chi connectivity index (χ4n) is 3.42. The van der Waals surface area contributed by atoms with Crippen molar-refractivity contribution in [1.29, 1.82) is 0 Å². The van der Waals surface area contributed by atoms with Crippen LogP contribution < -0.4 is 15.8 Å². The maximum atomic E-state index is 12.5. The molecule has 1 amide bonds. The summed E-state index contributed by atoms with van der Waals surface area (Å²) in [6, 6.07) is 10.1. The van der Waals surface area contributed by atoms with Crippen molar-refractivity contribution in [2.75, 3.05) is 23.3 Å². The third-order valence-corrected chi connectivity index (χ3v) is 4.89. The first-order valence-electron chi connectivity index (χ1n) is 8.85. The van der Waals surface area contributed by atoms with Crippen LogP contribution in [0.25, 0.3) is 0 Å². The number of carbonyl (C=O) groups is 1. The lowest BCUT2D eigenvalue weighted by molar-refractivity contribution is 0.101. The number of anilines is 2. The van der Waals surface area contributed by atoms with Gasteiger partial charge in [-0.15, -0.1) is 0 Å². The van der Waals surface area contributed by atoms with Gasteiger partial charge in [0, 0.05) is 26.1 Å². The number of nitrogens with zero attached hydrogens (tertiary/aromatic N) is 4. The van der Waals surface area contributed by atoms with Gasteiger partial charge in [-0.1, -0.05) is 42.9 Å². The lowest BCUT2D eigenvalue weighted by atomic mass is 9.99. The Kier molecular flexibility index (Phi) is 5.67. The molecular weight excluding hydrogens is 374 g/mol. The molecule has 0 aliphatic carbocycles. The van der Waals surface area contributed by atoms with Gasteiger partial charge in [0.1, 0.15) is 12.0 Å². The van der Waals surface area contributed by atoms with E-state index in [1.54, 1.807) is 0 Å². The predicted molar refractivity (Wildman–Crippen MR) is 108 cm³/mol. The summed E-state index contributed by atoms with van der Waals surface area (Å²) < 4.78 is 5.92. The van der Waals surface area contributed by atoms with Gasteiger partial charge in [0.2, 0.25) is 11.7 Å². The number of hydrogen-bond donors (Lipinski definition) is 2. The summed E-state index contributed by atoms with van der Waals surface area (Å²) in [5.41, 5.74) is 0.518. The van der Waals surface area contributed by atoms with Gasteiger partial charge in [-0.25, -0.2) is 4.98 Å².